The highest BCUT2D eigenvalue weighted by Gasteiger charge is 2.29. The van der Waals surface area contributed by atoms with Gasteiger partial charge in [0.2, 0.25) is 11.8 Å². The topological polar surface area (TPSA) is 55.9 Å². The number of hydrogen-bond acceptors (Lipinski definition) is 4. The van der Waals surface area contributed by atoms with E-state index >= 15 is 0 Å². The van der Waals surface area contributed by atoms with Crippen molar-refractivity contribution in [2.75, 3.05) is 52.4 Å². The second-order valence-corrected chi connectivity index (χ2v) is 6.63. The van der Waals surface area contributed by atoms with Crippen LogP contribution in [-0.2, 0) is 9.59 Å². The molecule has 0 bridgehead atoms. The van der Waals surface area contributed by atoms with E-state index in [2.05, 4.69) is 10.2 Å². The summed E-state index contributed by atoms with van der Waals surface area (Å²) in [6.45, 7) is 6.49. The van der Waals surface area contributed by atoms with E-state index < -0.39 is 0 Å². The van der Waals surface area contributed by atoms with Crippen LogP contribution in [0.2, 0.25) is 0 Å². The van der Waals surface area contributed by atoms with Gasteiger partial charge in [0.05, 0.1) is 6.54 Å². The third-order valence-electron chi connectivity index (χ3n) is 5.00. The van der Waals surface area contributed by atoms with Crippen LogP contribution in [0.15, 0.2) is 24.3 Å². The van der Waals surface area contributed by atoms with Gasteiger partial charge in [-0.3, -0.25) is 14.5 Å². The van der Waals surface area contributed by atoms with E-state index in [0.717, 1.165) is 18.7 Å². The first kappa shape index (κ1) is 20.6. The monoisotopic (exact) mass is 384 g/mol. The Kier molecular flexibility index (Phi) is 7.37. The number of carbonyl (C=O) groups is 2. The number of rotatable bonds is 3. The molecule has 1 unspecified atom stereocenters. The van der Waals surface area contributed by atoms with Crippen molar-refractivity contribution in [3.8, 4) is 0 Å². The first-order chi connectivity index (χ1) is 12.0. The lowest BCUT2D eigenvalue weighted by Crippen LogP contribution is -2.54. The van der Waals surface area contributed by atoms with Gasteiger partial charge < -0.3 is 15.1 Å². The number of piperazine rings is 2. The fourth-order valence-electron chi connectivity index (χ4n) is 3.52. The number of amides is 2. The fraction of sp³-hybridized carbons (Fsp3) is 0.556. The van der Waals surface area contributed by atoms with Crippen molar-refractivity contribution in [2.45, 2.75) is 13.0 Å². The van der Waals surface area contributed by atoms with Gasteiger partial charge in [0.15, 0.2) is 0 Å². The molecule has 2 aliphatic heterocycles. The van der Waals surface area contributed by atoms with Gasteiger partial charge in [-0.15, -0.1) is 12.4 Å². The summed E-state index contributed by atoms with van der Waals surface area (Å²) in [5, 5.41) is 3.32. The van der Waals surface area contributed by atoms with E-state index in [9.17, 15) is 14.0 Å². The first-order valence-corrected chi connectivity index (χ1v) is 8.78. The lowest BCUT2D eigenvalue weighted by atomic mass is 10.0. The molecule has 2 saturated heterocycles. The molecule has 0 aromatic heterocycles. The Labute approximate surface area is 159 Å². The molecule has 2 amide bonds. The standard InChI is InChI=1S/C18H25FN4O2.ClH/c1-14(24)21-7-9-22(10-8-21)18(25)13-23-6-5-20-12-17(23)15-3-2-4-16(19)11-15;/h2-4,11,17,20H,5-10,12-13H2,1H3;1H. The quantitative estimate of drug-likeness (QED) is 0.840. The van der Waals surface area contributed by atoms with Crippen molar-refractivity contribution >= 4 is 24.2 Å². The molecule has 8 heteroatoms. The molecule has 0 saturated carbocycles. The van der Waals surface area contributed by atoms with Crippen molar-refractivity contribution in [1.29, 1.82) is 0 Å². The van der Waals surface area contributed by atoms with Crippen LogP contribution in [0.25, 0.3) is 0 Å². The summed E-state index contributed by atoms with van der Waals surface area (Å²) in [6.07, 6.45) is 0. The maximum absolute atomic E-state index is 13.6. The SMILES string of the molecule is CC(=O)N1CCN(C(=O)CN2CCNCC2c2cccc(F)c2)CC1.Cl. The Balaban J connectivity index is 0.00000243. The molecule has 26 heavy (non-hydrogen) atoms. The smallest absolute Gasteiger partial charge is 0.236 e. The summed E-state index contributed by atoms with van der Waals surface area (Å²) in [5.74, 6) is -0.124. The van der Waals surface area contributed by atoms with Crippen molar-refractivity contribution in [2.24, 2.45) is 0 Å². The molecule has 1 N–H and O–H groups in total. The van der Waals surface area contributed by atoms with Gasteiger partial charge in [0.1, 0.15) is 5.82 Å². The summed E-state index contributed by atoms with van der Waals surface area (Å²) in [7, 11) is 0. The zero-order chi connectivity index (χ0) is 17.8. The second kappa shape index (κ2) is 9.30. The van der Waals surface area contributed by atoms with E-state index in [1.165, 1.54) is 6.07 Å². The van der Waals surface area contributed by atoms with Crippen LogP contribution in [0.5, 0.6) is 0 Å². The molecule has 2 heterocycles. The second-order valence-electron chi connectivity index (χ2n) is 6.63. The predicted molar refractivity (Wildman–Crippen MR) is 99.7 cm³/mol. The lowest BCUT2D eigenvalue weighted by Gasteiger charge is -2.39. The summed E-state index contributed by atoms with van der Waals surface area (Å²) in [5.41, 5.74) is 0.890. The maximum Gasteiger partial charge on any atom is 0.236 e. The molecule has 1 aromatic carbocycles. The van der Waals surface area contributed by atoms with E-state index in [0.29, 0.717) is 39.3 Å². The van der Waals surface area contributed by atoms with Crippen LogP contribution >= 0.6 is 12.4 Å². The number of hydrogen-bond donors (Lipinski definition) is 1. The highest BCUT2D eigenvalue weighted by molar-refractivity contribution is 5.85. The van der Waals surface area contributed by atoms with Gasteiger partial charge in [0, 0.05) is 58.8 Å². The normalized spacial score (nSPS) is 21.2. The van der Waals surface area contributed by atoms with E-state index in [1.54, 1.807) is 24.0 Å². The molecular weight excluding hydrogens is 359 g/mol. The number of benzene rings is 1. The highest BCUT2D eigenvalue weighted by atomic mass is 35.5. The maximum atomic E-state index is 13.6. The first-order valence-electron chi connectivity index (χ1n) is 8.78. The Bertz CT molecular complexity index is 637. The zero-order valence-electron chi connectivity index (χ0n) is 15.0. The lowest BCUT2D eigenvalue weighted by molar-refractivity contribution is -0.139. The van der Waals surface area contributed by atoms with Crippen LogP contribution in [0.3, 0.4) is 0 Å². The highest BCUT2D eigenvalue weighted by Crippen LogP contribution is 2.23. The van der Waals surface area contributed by atoms with Crippen LogP contribution < -0.4 is 5.32 Å². The minimum absolute atomic E-state index is 0. The minimum Gasteiger partial charge on any atom is -0.339 e. The molecule has 0 radical (unpaired) electrons. The largest absolute Gasteiger partial charge is 0.339 e. The van der Waals surface area contributed by atoms with Crippen molar-refractivity contribution in [3.63, 3.8) is 0 Å². The zero-order valence-corrected chi connectivity index (χ0v) is 15.8. The Morgan fingerprint density at radius 1 is 1.15 bits per heavy atom. The third-order valence-corrected chi connectivity index (χ3v) is 5.00. The van der Waals surface area contributed by atoms with Crippen molar-refractivity contribution in [1.82, 2.24) is 20.0 Å². The van der Waals surface area contributed by atoms with E-state index in [-0.39, 0.29) is 36.1 Å². The van der Waals surface area contributed by atoms with E-state index in [1.807, 2.05) is 11.0 Å². The van der Waals surface area contributed by atoms with Crippen molar-refractivity contribution in [3.05, 3.63) is 35.6 Å². The molecular formula is C18H26ClFN4O2. The average Bonchev–Trinajstić information content (AvgIpc) is 2.62. The third kappa shape index (κ3) is 4.93. The summed E-state index contributed by atoms with van der Waals surface area (Å²) in [6, 6.07) is 6.58. The van der Waals surface area contributed by atoms with E-state index in [4.69, 9.17) is 0 Å². The Hall–Kier alpha value is -1.70. The van der Waals surface area contributed by atoms with Gasteiger partial charge in [-0.05, 0) is 17.7 Å². The number of nitrogens with one attached hydrogen (secondary N) is 1. The van der Waals surface area contributed by atoms with Gasteiger partial charge in [0.25, 0.3) is 0 Å². The molecule has 2 aliphatic rings. The van der Waals surface area contributed by atoms with Gasteiger partial charge in [-0.25, -0.2) is 4.39 Å². The average molecular weight is 385 g/mol. The molecule has 6 nitrogen and oxygen atoms in total. The van der Waals surface area contributed by atoms with Crippen LogP contribution in [0.4, 0.5) is 4.39 Å². The molecule has 0 spiro atoms. The van der Waals surface area contributed by atoms with Crippen LogP contribution in [0.1, 0.15) is 18.5 Å². The van der Waals surface area contributed by atoms with Gasteiger partial charge in [-0.1, -0.05) is 12.1 Å². The molecule has 0 aliphatic carbocycles. The molecule has 144 valence electrons. The Morgan fingerprint density at radius 2 is 1.85 bits per heavy atom. The van der Waals surface area contributed by atoms with Crippen LogP contribution in [-0.4, -0.2) is 78.9 Å². The molecule has 1 aromatic rings. The predicted octanol–water partition coefficient (Wildman–Crippen LogP) is 0.885. The summed E-state index contributed by atoms with van der Waals surface area (Å²) < 4.78 is 13.6. The van der Waals surface area contributed by atoms with Gasteiger partial charge >= 0.3 is 0 Å². The summed E-state index contributed by atoms with van der Waals surface area (Å²) in [4.78, 5) is 29.8. The van der Waals surface area contributed by atoms with Crippen molar-refractivity contribution < 1.29 is 14.0 Å². The fourth-order valence-corrected chi connectivity index (χ4v) is 3.52. The summed E-state index contributed by atoms with van der Waals surface area (Å²) >= 11 is 0. The van der Waals surface area contributed by atoms with Gasteiger partial charge in [-0.2, -0.15) is 0 Å². The molecule has 3 rings (SSSR count). The Morgan fingerprint density at radius 3 is 2.50 bits per heavy atom. The number of halogens is 2. The molecule has 2 fully saturated rings. The van der Waals surface area contributed by atoms with Crippen LogP contribution in [0, 0.1) is 5.82 Å². The number of carbonyl (C=O) groups excluding carboxylic acids is 2. The minimum atomic E-state index is -0.255. The number of nitrogens with zero attached hydrogens (tertiary/aromatic N) is 3. The molecule has 1 atom stereocenters.